The zero-order valence-electron chi connectivity index (χ0n) is 11.4. The Balaban J connectivity index is 2.28. The number of hydrogen-bond acceptors (Lipinski definition) is 2. The van der Waals surface area contributed by atoms with E-state index in [4.69, 9.17) is 34.8 Å². The van der Waals surface area contributed by atoms with Gasteiger partial charge in [-0.3, -0.25) is 4.79 Å². The third-order valence-corrected chi connectivity index (χ3v) is 4.28. The molecule has 0 aromatic heterocycles. The van der Waals surface area contributed by atoms with Gasteiger partial charge in [0.25, 0.3) is 0 Å². The first-order valence-electron chi connectivity index (χ1n) is 6.62. The van der Waals surface area contributed by atoms with E-state index in [2.05, 4.69) is 5.32 Å². The van der Waals surface area contributed by atoms with Gasteiger partial charge in [-0.05, 0) is 25.0 Å². The second-order valence-electron chi connectivity index (χ2n) is 5.22. The van der Waals surface area contributed by atoms with Crippen molar-refractivity contribution in [2.24, 2.45) is 0 Å². The molecule has 0 bridgehead atoms. The number of carbonyl (C=O) groups is 1. The van der Waals surface area contributed by atoms with Crippen LogP contribution in [0.25, 0.3) is 0 Å². The molecule has 0 spiro atoms. The molecule has 0 radical (unpaired) electrons. The molecule has 6 heteroatoms. The first-order chi connectivity index (χ1) is 9.40. The average molecular weight is 336 g/mol. The summed E-state index contributed by atoms with van der Waals surface area (Å²) >= 11 is 18.2. The Hall–Kier alpha value is -0.480. The fourth-order valence-corrected chi connectivity index (χ4v) is 3.03. The normalized spacial score (nSPS) is 19.8. The van der Waals surface area contributed by atoms with E-state index in [9.17, 15) is 4.79 Å². The second kappa shape index (κ2) is 6.52. The monoisotopic (exact) mass is 334 g/mol. The van der Waals surface area contributed by atoms with Crippen molar-refractivity contribution >= 4 is 46.4 Å². The number of anilines is 1. The van der Waals surface area contributed by atoms with E-state index in [1.807, 2.05) is 13.8 Å². The lowest BCUT2D eigenvalue weighted by atomic mass is 10.0. The number of nitrogens with one attached hydrogen (secondary N) is 1. The summed E-state index contributed by atoms with van der Waals surface area (Å²) in [6.07, 6.45) is 1.76. The number of carbonyl (C=O) groups excluding carboxylic acids is 1. The first kappa shape index (κ1) is 15.9. The van der Waals surface area contributed by atoms with Gasteiger partial charge < -0.3 is 10.2 Å². The van der Waals surface area contributed by atoms with Crippen molar-refractivity contribution < 1.29 is 4.79 Å². The molecule has 2 rings (SSSR count). The maximum Gasteiger partial charge on any atom is 0.244 e. The third-order valence-electron chi connectivity index (χ3n) is 3.25. The highest BCUT2D eigenvalue weighted by atomic mass is 35.5. The maximum absolute atomic E-state index is 12.5. The van der Waals surface area contributed by atoms with Crippen LogP contribution in [0, 0.1) is 0 Å². The average Bonchev–Trinajstić information content (AvgIpc) is 2.36. The quantitative estimate of drug-likeness (QED) is 0.842. The highest BCUT2D eigenvalue weighted by molar-refractivity contribution is 6.44. The summed E-state index contributed by atoms with van der Waals surface area (Å²) in [6, 6.07) is 3.32. The number of piperidine rings is 1. The van der Waals surface area contributed by atoms with Crippen LogP contribution in [0.1, 0.15) is 26.7 Å². The van der Waals surface area contributed by atoms with Crippen LogP contribution in [0.4, 0.5) is 5.69 Å². The molecule has 1 aliphatic heterocycles. The number of benzene rings is 1. The van der Waals surface area contributed by atoms with Crippen LogP contribution in [0.2, 0.25) is 15.1 Å². The van der Waals surface area contributed by atoms with Gasteiger partial charge in [0.15, 0.2) is 0 Å². The highest BCUT2D eigenvalue weighted by Crippen LogP contribution is 2.36. The fraction of sp³-hybridized carbons (Fsp3) is 0.500. The van der Waals surface area contributed by atoms with E-state index in [1.54, 1.807) is 17.0 Å². The summed E-state index contributed by atoms with van der Waals surface area (Å²) in [4.78, 5) is 14.2. The molecule has 1 heterocycles. The molecule has 1 unspecified atom stereocenters. The van der Waals surface area contributed by atoms with Gasteiger partial charge in [0.2, 0.25) is 5.91 Å². The zero-order chi connectivity index (χ0) is 14.9. The molecular formula is C14H17Cl3N2O. The number of nitrogens with zero attached hydrogens (tertiary/aromatic N) is 1. The van der Waals surface area contributed by atoms with E-state index in [1.165, 1.54) is 0 Å². The lowest BCUT2D eigenvalue weighted by Crippen LogP contribution is -2.52. The van der Waals surface area contributed by atoms with Crippen LogP contribution in [0.5, 0.6) is 0 Å². The molecule has 1 amide bonds. The molecule has 1 saturated heterocycles. The molecule has 1 N–H and O–H groups in total. The Bertz CT molecular complexity index is 519. The molecule has 110 valence electrons. The van der Waals surface area contributed by atoms with Crippen LogP contribution in [0.3, 0.4) is 0 Å². The Kier molecular flexibility index (Phi) is 5.19. The van der Waals surface area contributed by atoms with Gasteiger partial charge in [-0.25, -0.2) is 0 Å². The summed E-state index contributed by atoms with van der Waals surface area (Å²) in [5.41, 5.74) is 0.626. The van der Waals surface area contributed by atoms with Gasteiger partial charge >= 0.3 is 0 Å². The summed E-state index contributed by atoms with van der Waals surface area (Å²) < 4.78 is 0. The lowest BCUT2D eigenvalue weighted by molar-refractivity contribution is -0.121. The molecule has 3 nitrogen and oxygen atoms in total. The topological polar surface area (TPSA) is 32.3 Å². The molecule has 1 atom stereocenters. The van der Waals surface area contributed by atoms with E-state index < -0.39 is 0 Å². The molecule has 1 aromatic carbocycles. The van der Waals surface area contributed by atoms with Gasteiger partial charge in [-0.1, -0.05) is 48.7 Å². The molecular weight excluding hydrogens is 319 g/mol. The number of rotatable bonds is 3. The first-order valence-corrected chi connectivity index (χ1v) is 7.75. The maximum atomic E-state index is 12.5. The second-order valence-corrected chi connectivity index (χ2v) is 6.45. The summed E-state index contributed by atoms with van der Waals surface area (Å²) in [7, 11) is 0. The smallest absolute Gasteiger partial charge is 0.244 e. The largest absolute Gasteiger partial charge is 0.310 e. The Morgan fingerprint density at radius 3 is 2.50 bits per heavy atom. The van der Waals surface area contributed by atoms with Crippen LogP contribution < -0.4 is 10.2 Å². The highest BCUT2D eigenvalue weighted by Gasteiger charge is 2.31. The fourth-order valence-electron chi connectivity index (χ4n) is 2.39. The van der Waals surface area contributed by atoms with Crippen molar-refractivity contribution in [3.8, 4) is 0 Å². The number of halogens is 3. The van der Waals surface area contributed by atoms with Gasteiger partial charge in [-0.15, -0.1) is 0 Å². The van der Waals surface area contributed by atoms with Crippen LogP contribution in [-0.4, -0.2) is 24.5 Å². The number of hydrogen-bond donors (Lipinski definition) is 1. The van der Waals surface area contributed by atoms with E-state index >= 15 is 0 Å². The summed E-state index contributed by atoms with van der Waals surface area (Å²) in [5.74, 6) is 0.0326. The Morgan fingerprint density at radius 1 is 1.20 bits per heavy atom. The van der Waals surface area contributed by atoms with E-state index in [0.717, 1.165) is 12.8 Å². The van der Waals surface area contributed by atoms with Crippen LogP contribution >= 0.6 is 34.8 Å². The van der Waals surface area contributed by atoms with Crippen LogP contribution in [-0.2, 0) is 4.79 Å². The van der Waals surface area contributed by atoms with Gasteiger partial charge in [-0.2, -0.15) is 0 Å². The standard InChI is InChI=1S/C14H17Cl3N2O/c1-8(2)18-12-4-3-5-19(14(12)20)13-7-10(16)9(15)6-11(13)17/h6-8,12,18H,3-5H2,1-2H3. The minimum atomic E-state index is -0.172. The molecule has 20 heavy (non-hydrogen) atoms. The summed E-state index contributed by atoms with van der Waals surface area (Å²) in [5, 5.41) is 4.52. The van der Waals surface area contributed by atoms with Crippen LogP contribution in [0.15, 0.2) is 12.1 Å². The lowest BCUT2D eigenvalue weighted by Gasteiger charge is -2.34. The molecule has 0 saturated carbocycles. The third kappa shape index (κ3) is 3.40. The molecule has 1 fully saturated rings. The van der Waals surface area contributed by atoms with E-state index in [0.29, 0.717) is 27.3 Å². The zero-order valence-corrected chi connectivity index (χ0v) is 13.7. The van der Waals surface area contributed by atoms with Gasteiger partial charge in [0.05, 0.1) is 26.8 Å². The predicted octanol–water partition coefficient (Wildman–Crippen LogP) is 4.14. The summed E-state index contributed by atoms with van der Waals surface area (Å²) in [6.45, 7) is 4.70. The number of amides is 1. The molecule has 1 aliphatic rings. The van der Waals surface area contributed by atoms with Crippen molar-refractivity contribution in [3.63, 3.8) is 0 Å². The van der Waals surface area contributed by atoms with E-state index in [-0.39, 0.29) is 18.0 Å². The molecule has 0 aliphatic carbocycles. The van der Waals surface area contributed by atoms with Gasteiger partial charge in [0.1, 0.15) is 0 Å². The minimum Gasteiger partial charge on any atom is -0.310 e. The Morgan fingerprint density at radius 2 is 1.85 bits per heavy atom. The van der Waals surface area contributed by atoms with Crippen molar-refractivity contribution in [2.75, 3.05) is 11.4 Å². The SMILES string of the molecule is CC(C)NC1CCCN(c2cc(Cl)c(Cl)cc2Cl)C1=O. The van der Waals surface area contributed by atoms with Crippen molar-refractivity contribution in [1.82, 2.24) is 5.32 Å². The predicted molar refractivity (Wildman–Crippen MR) is 85.1 cm³/mol. The van der Waals surface area contributed by atoms with Gasteiger partial charge in [0, 0.05) is 12.6 Å². The molecule has 1 aromatic rings. The Labute approximate surface area is 134 Å². The van der Waals surface area contributed by atoms with Crippen molar-refractivity contribution in [2.45, 2.75) is 38.8 Å². The van der Waals surface area contributed by atoms with Crippen molar-refractivity contribution in [1.29, 1.82) is 0 Å². The minimum absolute atomic E-state index is 0.0326. The van der Waals surface area contributed by atoms with Crippen molar-refractivity contribution in [3.05, 3.63) is 27.2 Å².